The van der Waals surface area contributed by atoms with Crippen LogP contribution in [-0.2, 0) is 21.4 Å². The van der Waals surface area contributed by atoms with E-state index in [-0.39, 0.29) is 17.3 Å². The fourth-order valence-corrected chi connectivity index (χ4v) is 7.05. The zero-order chi connectivity index (χ0) is 23.6. The first-order chi connectivity index (χ1) is 15.8. The number of benzene rings is 2. The average Bonchev–Trinajstić information content (AvgIpc) is 3.15. The Morgan fingerprint density at radius 3 is 2.76 bits per heavy atom. The van der Waals surface area contributed by atoms with Crippen LogP contribution >= 0.6 is 34.7 Å². The molecule has 0 N–H and O–H groups in total. The van der Waals surface area contributed by atoms with Crippen molar-refractivity contribution in [3.8, 4) is 12.3 Å². The van der Waals surface area contributed by atoms with Crippen LogP contribution in [0.5, 0.6) is 0 Å². The third-order valence-electron chi connectivity index (χ3n) is 5.53. The number of terminal acetylenes is 1. The lowest BCUT2D eigenvalue weighted by Crippen LogP contribution is -2.42. The number of hydrogen-bond donors (Lipinski definition) is 0. The monoisotopic (exact) mass is 519 g/mol. The molecule has 0 saturated carbocycles. The lowest BCUT2D eigenvalue weighted by atomic mass is 9.99. The van der Waals surface area contributed by atoms with E-state index >= 15 is 0 Å². The molecule has 1 fully saturated rings. The number of aromatic nitrogens is 1. The second-order valence-corrected chi connectivity index (χ2v) is 11.9. The minimum Gasteiger partial charge on any atom is -0.305 e. The van der Waals surface area contributed by atoms with Crippen LogP contribution < -0.4 is 4.80 Å². The van der Waals surface area contributed by atoms with Gasteiger partial charge in [0.2, 0.25) is 10.0 Å². The van der Waals surface area contributed by atoms with Crippen LogP contribution in [0.15, 0.2) is 57.2 Å². The largest absolute Gasteiger partial charge is 0.305 e. The molecule has 0 radical (unpaired) electrons. The van der Waals surface area contributed by atoms with Gasteiger partial charge in [0.1, 0.15) is 0 Å². The fourth-order valence-electron chi connectivity index (χ4n) is 3.81. The van der Waals surface area contributed by atoms with Crippen LogP contribution in [-0.4, -0.2) is 42.5 Å². The number of thioether (sulfide) groups is 1. The molecule has 1 saturated heterocycles. The van der Waals surface area contributed by atoms with E-state index < -0.39 is 15.9 Å². The second-order valence-electron chi connectivity index (χ2n) is 7.61. The summed E-state index contributed by atoms with van der Waals surface area (Å²) in [5.74, 6) is 1.80. The Labute approximate surface area is 206 Å². The lowest BCUT2D eigenvalue weighted by Gasteiger charge is -2.30. The third-order valence-corrected chi connectivity index (χ3v) is 9.43. The lowest BCUT2D eigenvalue weighted by molar-refractivity contribution is -0.122. The summed E-state index contributed by atoms with van der Waals surface area (Å²) in [4.78, 5) is 19.3. The van der Waals surface area contributed by atoms with Gasteiger partial charge in [-0.1, -0.05) is 28.9 Å². The van der Waals surface area contributed by atoms with Crippen LogP contribution in [0.1, 0.15) is 12.8 Å². The molecule has 3 aromatic rings. The molecule has 1 unspecified atom stereocenters. The first-order valence-electron chi connectivity index (χ1n) is 10.3. The molecule has 2 aromatic carbocycles. The Morgan fingerprint density at radius 2 is 2.06 bits per heavy atom. The van der Waals surface area contributed by atoms with Gasteiger partial charge >= 0.3 is 0 Å². The topological polar surface area (TPSA) is 71.7 Å². The minimum absolute atomic E-state index is 0.101. The standard InChI is InChI=1S/C23H22ClN3O3S3/c1-3-12-27-20-11-8-18(31-2)14-21(20)32-23(27)25-22(28)16-5-4-13-26(15-16)33(29,30)19-9-6-17(24)7-10-19/h1,6-11,14,16H,4-5,12-13,15H2,2H3. The molecule has 0 aliphatic carbocycles. The average molecular weight is 520 g/mol. The number of carbonyl (C=O) groups excluding carboxylic acids is 1. The molecule has 33 heavy (non-hydrogen) atoms. The van der Waals surface area contributed by atoms with E-state index in [9.17, 15) is 13.2 Å². The summed E-state index contributed by atoms with van der Waals surface area (Å²) in [6.07, 6.45) is 8.75. The van der Waals surface area contributed by atoms with Crippen LogP contribution in [0.4, 0.5) is 0 Å². The number of carbonyl (C=O) groups is 1. The number of fused-ring (bicyclic) bond motifs is 1. The van der Waals surface area contributed by atoms with Crippen LogP contribution in [0.3, 0.4) is 0 Å². The summed E-state index contributed by atoms with van der Waals surface area (Å²) in [6.45, 7) is 0.766. The molecule has 1 atom stereocenters. The summed E-state index contributed by atoms with van der Waals surface area (Å²) >= 11 is 8.94. The Morgan fingerprint density at radius 1 is 1.30 bits per heavy atom. The van der Waals surface area contributed by atoms with Crippen LogP contribution in [0, 0.1) is 18.3 Å². The van der Waals surface area contributed by atoms with Crippen molar-refractivity contribution in [3.05, 3.63) is 52.3 Å². The van der Waals surface area contributed by atoms with Gasteiger partial charge in [0, 0.05) is 23.0 Å². The van der Waals surface area contributed by atoms with E-state index in [0.29, 0.717) is 35.8 Å². The van der Waals surface area contributed by atoms with E-state index in [1.807, 2.05) is 23.0 Å². The highest BCUT2D eigenvalue weighted by Gasteiger charge is 2.33. The molecule has 10 heteroatoms. The van der Waals surface area contributed by atoms with Gasteiger partial charge in [-0.15, -0.1) is 18.2 Å². The van der Waals surface area contributed by atoms with Gasteiger partial charge in [0.05, 0.1) is 27.6 Å². The Hall–Kier alpha value is -2.09. The Kier molecular flexibility index (Phi) is 7.31. The first-order valence-corrected chi connectivity index (χ1v) is 14.1. The van der Waals surface area contributed by atoms with Crippen molar-refractivity contribution >= 4 is 60.8 Å². The van der Waals surface area contributed by atoms with Gasteiger partial charge in [-0.2, -0.15) is 9.30 Å². The molecule has 4 rings (SSSR count). The molecule has 0 bridgehead atoms. The van der Waals surface area contributed by atoms with E-state index in [0.717, 1.165) is 15.1 Å². The normalized spacial score (nSPS) is 17.8. The highest BCUT2D eigenvalue weighted by Crippen LogP contribution is 2.26. The van der Waals surface area contributed by atoms with Gasteiger partial charge in [-0.05, 0) is 61.6 Å². The molecule has 2 heterocycles. The fraction of sp³-hybridized carbons (Fsp3) is 0.304. The van der Waals surface area contributed by atoms with Gasteiger partial charge in [-0.3, -0.25) is 4.79 Å². The zero-order valence-electron chi connectivity index (χ0n) is 17.9. The van der Waals surface area contributed by atoms with Crippen LogP contribution in [0.2, 0.25) is 5.02 Å². The molecule has 0 spiro atoms. The SMILES string of the molecule is C#CCn1c(=NC(=O)C2CCCN(S(=O)(=O)c3ccc(Cl)cc3)C2)sc2cc(SC)ccc21. The van der Waals surface area contributed by atoms with Crippen molar-refractivity contribution in [1.82, 2.24) is 8.87 Å². The molecular formula is C23H22ClN3O3S3. The van der Waals surface area contributed by atoms with Gasteiger partial charge in [0.25, 0.3) is 5.91 Å². The van der Waals surface area contributed by atoms with E-state index in [2.05, 4.69) is 17.0 Å². The zero-order valence-corrected chi connectivity index (χ0v) is 21.1. The number of thiazole rings is 1. The van der Waals surface area contributed by atoms with Crippen molar-refractivity contribution in [3.63, 3.8) is 0 Å². The van der Waals surface area contributed by atoms with Crippen LogP contribution in [0.25, 0.3) is 10.2 Å². The Bertz CT molecular complexity index is 1400. The number of rotatable bonds is 5. The maximum atomic E-state index is 13.1. The highest BCUT2D eigenvalue weighted by atomic mass is 35.5. The third kappa shape index (κ3) is 5.05. The molecule has 1 amide bonds. The van der Waals surface area contributed by atoms with Gasteiger partial charge in [-0.25, -0.2) is 8.42 Å². The number of sulfonamides is 1. The number of hydrogen-bond acceptors (Lipinski definition) is 5. The van der Waals surface area contributed by atoms with E-state index in [4.69, 9.17) is 18.0 Å². The summed E-state index contributed by atoms with van der Waals surface area (Å²) in [5.41, 5.74) is 0.929. The van der Waals surface area contributed by atoms with E-state index in [1.54, 1.807) is 23.9 Å². The molecular weight excluding hydrogens is 498 g/mol. The minimum atomic E-state index is -3.71. The van der Waals surface area contributed by atoms with Crippen molar-refractivity contribution in [2.75, 3.05) is 19.3 Å². The highest BCUT2D eigenvalue weighted by molar-refractivity contribution is 7.98. The van der Waals surface area contributed by atoms with Crippen molar-refractivity contribution in [1.29, 1.82) is 0 Å². The summed E-state index contributed by atoms with van der Waals surface area (Å²) in [6, 6.07) is 12.1. The summed E-state index contributed by atoms with van der Waals surface area (Å²) < 4.78 is 30.3. The number of halogens is 1. The second kappa shape index (κ2) is 10.0. The summed E-state index contributed by atoms with van der Waals surface area (Å²) in [5, 5.41) is 0.465. The summed E-state index contributed by atoms with van der Waals surface area (Å²) in [7, 11) is -3.71. The smallest absolute Gasteiger partial charge is 0.252 e. The van der Waals surface area contributed by atoms with E-state index in [1.165, 1.54) is 27.8 Å². The molecule has 1 aromatic heterocycles. The number of nitrogens with zero attached hydrogens (tertiary/aromatic N) is 3. The predicted molar refractivity (Wildman–Crippen MR) is 134 cm³/mol. The van der Waals surface area contributed by atoms with Crippen molar-refractivity contribution in [2.45, 2.75) is 29.2 Å². The maximum Gasteiger partial charge on any atom is 0.252 e. The predicted octanol–water partition coefficient (Wildman–Crippen LogP) is 4.24. The maximum absolute atomic E-state index is 13.1. The van der Waals surface area contributed by atoms with Crippen molar-refractivity contribution in [2.24, 2.45) is 10.9 Å². The molecule has 6 nitrogen and oxygen atoms in total. The first kappa shape index (κ1) is 24.0. The Balaban J connectivity index is 1.63. The van der Waals surface area contributed by atoms with Gasteiger partial charge in [0.15, 0.2) is 4.80 Å². The molecule has 172 valence electrons. The number of amides is 1. The molecule has 1 aliphatic heterocycles. The number of piperidine rings is 1. The van der Waals surface area contributed by atoms with Crippen molar-refractivity contribution < 1.29 is 13.2 Å². The molecule has 1 aliphatic rings. The van der Waals surface area contributed by atoms with Gasteiger partial charge < -0.3 is 4.57 Å². The quantitative estimate of drug-likeness (QED) is 0.373.